The number of nitrogens with one attached hydrogen (secondary N) is 2. The third-order valence-corrected chi connectivity index (χ3v) is 8.94. The van der Waals surface area contributed by atoms with Crippen molar-refractivity contribution in [3.8, 4) is 0 Å². The number of hydrogen-bond acceptors (Lipinski definition) is 6. The highest BCUT2D eigenvalue weighted by Gasteiger charge is 2.43. The zero-order valence-electron chi connectivity index (χ0n) is 23.4. The van der Waals surface area contributed by atoms with Gasteiger partial charge in [0.15, 0.2) is 0 Å². The zero-order valence-corrected chi connectivity index (χ0v) is 24.2. The minimum atomic E-state index is -3.63. The fraction of sp³-hybridized carbons (Fsp3) is 0.500. The third kappa shape index (κ3) is 9.30. The molecule has 11 nitrogen and oxygen atoms in total. The van der Waals surface area contributed by atoms with Gasteiger partial charge in [-0.2, -0.15) is 12.7 Å². The Morgan fingerprint density at radius 2 is 1.80 bits per heavy atom. The Bertz CT molecular complexity index is 1290. The number of carbonyl (C=O) groups excluding carboxylic acids is 2. The van der Waals surface area contributed by atoms with Gasteiger partial charge in [0, 0.05) is 46.1 Å². The molecule has 0 aliphatic heterocycles. The number of carboxylic acid groups (broad SMARTS) is 1. The van der Waals surface area contributed by atoms with Gasteiger partial charge in [0.2, 0.25) is 5.78 Å². The monoisotopic (exact) mass is 591 g/mol. The number of pyridine rings is 1. The highest BCUT2D eigenvalue weighted by atomic mass is 32.2. The first-order valence-electron chi connectivity index (χ1n) is 13.5. The Labute approximate surface area is 240 Å². The van der Waals surface area contributed by atoms with Crippen molar-refractivity contribution < 1.29 is 32.3 Å². The van der Waals surface area contributed by atoms with Crippen LogP contribution in [0.25, 0.3) is 0 Å². The van der Waals surface area contributed by atoms with Crippen LogP contribution in [0.15, 0.2) is 48.8 Å². The van der Waals surface area contributed by atoms with Crippen LogP contribution < -0.4 is 10.0 Å². The van der Waals surface area contributed by atoms with E-state index < -0.39 is 39.4 Å². The molecule has 1 saturated carbocycles. The molecule has 1 fully saturated rings. The maximum atomic E-state index is 13.4. The topological polar surface area (TPSA) is 149 Å². The van der Waals surface area contributed by atoms with Crippen LogP contribution in [-0.4, -0.2) is 78.7 Å². The highest BCUT2D eigenvalue weighted by Crippen LogP contribution is 2.45. The molecule has 3 rings (SSSR count). The smallest absolute Gasteiger partial charge is 0.407 e. The van der Waals surface area contributed by atoms with Gasteiger partial charge in [0.1, 0.15) is 11.9 Å². The van der Waals surface area contributed by atoms with Crippen molar-refractivity contribution in [1.29, 1.82) is 0 Å². The zero-order chi connectivity index (χ0) is 30.0. The third-order valence-electron chi connectivity index (χ3n) is 7.41. The predicted octanol–water partition coefficient (Wildman–Crippen LogP) is 2.73. The minimum Gasteiger partial charge on any atom is -0.465 e. The quantitative estimate of drug-likeness (QED) is 0.201. The van der Waals surface area contributed by atoms with E-state index in [0.717, 1.165) is 34.0 Å². The van der Waals surface area contributed by atoms with Crippen LogP contribution in [0, 0.1) is 11.2 Å². The lowest BCUT2D eigenvalue weighted by molar-refractivity contribution is -0.141. The number of ketones is 1. The maximum absolute atomic E-state index is 13.4. The molecule has 41 heavy (non-hydrogen) atoms. The molecule has 1 aliphatic carbocycles. The lowest BCUT2D eigenvalue weighted by Crippen LogP contribution is -2.54. The molecule has 13 heteroatoms. The summed E-state index contributed by atoms with van der Waals surface area (Å²) in [4.78, 5) is 43.9. The Balaban J connectivity index is 1.75. The van der Waals surface area contributed by atoms with E-state index in [9.17, 15) is 32.3 Å². The molecule has 0 radical (unpaired) electrons. The van der Waals surface area contributed by atoms with Crippen LogP contribution in [0.5, 0.6) is 0 Å². The molecule has 1 aliphatic rings. The average Bonchev–Trinajstić information content (AvgIpc) is 2.92. The van der Waals surface area contributed by atoms with Gasteiger partial charge >= 0.3 is 6.09 Å². The van der Waals surface area contributed by atoms with E-state index in [-0.39, 0.29) is 31.9 Å². The molecule has 2 aromatic rings. The van der Waals surface area contributed by atoms with Crippen molar-refractivity contribution >= 4 is 28.0 Å². The summed E-state index contributed by atoms with van der Waals surface area (Å²) in [5.41, 5.74) is 1.10. The molecule has 1 aromatic carbocycles. The number of carbonyl (C=O) groups is 3. The standard InChI is InChI=1S/C28H38FN5O6S/c1-33(2)41(39,40)32-16-4-3-8-24(25(35)26(36)31-19-22-7-5-15-30-18-22)34(27(37)38)20-28(13-6-14-28)17-21-9-11-23(29)12-10-21/h5,7,9-12,15,18,24,32H,3-4,6,8,13-14,16-17,19-20H2,1-2H3,(H,31,36)(H,37,38)/t24-/m0/s1. The number of benzene rings is 1. The second kappa shape index (κ2) is 14.5. The summed E-state index contributed by atoms with van der Waals surface area (Å²) in [6.07, 6.45) is 5.36. The van der Waals surface area contributed by atoms with Crippen molar-refractivity contribution in [2.45, 2.75) is 57.5 Å². The molecule has 0 saturated heterocycles. The van der Waals surface area contributed by atoms with E-state index in [1.807, 2.05) is 0 Å². The summed E-state index contributed by atoms with van der Waals surface area (Å²) in [6.45, 7) is 0.189. The van der Waals surface area contributed by atoms with Gasteiger partial charge in [-0.25, -0.2) is 13.9 Å². The average molecular weight is 592 g/mol. The molecule has 0 bridgehead atoms. The molecule has 2 amide bonds. The normalized spacial score (nSPS) is 15.1. The molecule has 0 unspecified atom stereocenters. The summed E-state index contributed by atoms with van der Waals surface area (Å²) >= 11 is 0. The largest absolute Gasteiger partial charge is 0.465 e. The molecular weight excluding hydrogens is 553 g/mol. The lowest BCUT2D eigenvalue weighted by atomic mass is 9.65. The van der Waals surface area contributed by atoms with Crippen molar-refractivity contribution in [2.24, 2.45) is 5.41 Å². The number of unbranched alkanes of at least 4 members (excludes halogenated alkanes) is 1. The second-order valence-electron chi connectivity index (χ2n) is 10.7. The SMILES string of the molecule is CN(C)S(=O)(=O)NCCCC[C@@H](C(=O)C(=O)NCc1cccnc1)N(CC1(Cc2ccc(F)cc2)CCC1)C(=O)O. The van der Waals surface area contributed by atoms with Gasteiger partial charge in [-0.1, -0.05) is 24.6 Å². The van der Waals surface area contributed by atoms with E-state index in [1.54, 1.807) is 36.7 Å². The fourth-order valence-electron chi connectivity index (χ4n) is 4.92. The van der Waals surface area contributed by atoms with Crippen molar-refractivity contribution in [3.05, 3.63) is 65.7 Å². The Hall–Kier alpha value is -3.42. The molecule has 1 heterocycles. The summed E-state index contributed by atoms with van der Waals surface area (Å²) < 4.78 is 40.9. The molecule has 1 aromatic heterocycles. The van der Waals surface area contributed by atoms with Gasteiger partial charge in [-0.3, -0.25) is 19.5 Å². The fourth-order valence-corrected chi connectivity index (χ4v) is 5.58. The first-order chi connectivity index (χ1) is 19.4. The second-order valence-corrected chi connectivity index (χ2v) is 12.6. The number of hydrogen-bond donors (Lipinski definition) is 3. The van der Waals surface area contributed by atoms with Gasteiger partial charge in [0.05, 0.1) is 0 Å². The van der Waals surface area contributed by atoms with Crippen molar-refractivity contribution in [1.82, 2.24) is 24.2 Å². The van der Waals surface area contributed by atoms with E-state index >= 15 is 0 Å². The van der Waals surface area contributed by atoms with Crippen LogP contribution in [0.2, 0.25) is 0 Å². The lowest BCUT2D eigenvalue weighted by Gasteiger charge is -2.46. The van der Waals surface area contributed by atoms with E-state index in [2.05, 4.69) is 15.0 Å². The number of halogens is 1. The van der Waals surface area contributed by atoms with Gasteiger partial charge in [-0.15, -0.1) is 0 Å². The van der Waals surface area contributed by atoms with Gasteiger partial charge in [0.25, 0.3) is 16.1 Å². The number of nitrogens with zero attached hydrogens (tertiary/aromatic N) is 3. The summed E-state index contributed by atoms with van der Waals surface area (Å²) in [5, 5.41) is 12.8. The van der Waals surface area contributed by atoms with Crippen LogP contribution in [0.1, 0.15) is 49.7 Å². The van der Waals surface area contributed by atoms with Crippen LogP contribution >= 0.6 is 0 Å². The van der Waals surface area contributed by atoms with Crippen LogP contribution in [0.4, 0.5) is 9.18 Å². The van der Waals surface area contributed by atoms with E-state index in [1.165, 1.54) is 26.2 Å². The molecular formula is C28H38FN5O6S. The van der Waals surface area contributed by atoms with Crippen molar-refractivity contribution in [2.75, 3.05) is 27.2 Å². The van der Waals surface area contributed by atoms with Crippen LogP contribution in [-0.2, 0) is 32.8 Å². The van der Waals surface area contributed by atoms with E-state index in [0.29, 0.717) is 24.8 Å². The summed E-state index contributed by atoms with van der Waals surface area (Å²) in [5.74, 6) is -2.14. The van der Waals surface area contributed by atoms with Crippen LogP contribution in [0.3, 0.4) is 0 Å². The first-order valence-corrected chi connectivity index (χ1v) is 15.0. The van der Waals surface area contributed by atoms with Gasteiger partial charge in [-0.05, 0) is 73.3 Å². The predicted molar refractivity (Wildman–Crippen MR) is 150 cm³/mol. The van der Waals surface area contributed by atoms with Crippen molar-refractivity contribution in [3.63, 3.8) is 0 Å². The highest BCUT2D eigenvalue weighted by molar-refractivity contribution is 7.87. The Kier molecular flexibility index (Phi) is 11.3. The summed E-state index contributed by atoms with van der Waals surface area (Å²) in [6, 6.07) is 8.25. The number of aromatic nitrogens is 1. The number of rotatable bonds is 16. The van der Waals surface area contributed by atoms with E-state index in [4.69, 9.17) is 0 Å². The molecule has 3 N–H and O–H groups in total. The number of amides is 2. The Morgan fingerprint density at radius 3 is 2.37 bits per heavy atom. The Morgan fingerprint density at radius 1 is 1.10 bits per heavy atom. The maximum Gasteiger partial charge on any atom is 0.407 e. The molecule has 0 spiro atoms. The molecule has 1 atom stereocenters. The number of Topliss-reactive ketones (excluding diaryl/α,β-unsaturated/α-hetero) is 1. The molecule has 224 valence electrons. The minimum absolute atomic E-state index is 0.0409. The summed E-state index contributed by atoms with van der Waals surface area (Å²) in [7, 11) is -0.831. The van der Waals surface area contributed by atoms with Gasteiger partial charge < -0.3 is 10.4 Å². The first kappa shape index (κ1) is 32.1.